The Morgan fingerprint density at radius 2 is 2.33 bits per heavy atom. The number of nitrogens with zero attached hydrogens (tertiary/aromatic N) is 1. The molecule has 0 bridgehead atoms. The van der Waals surface area contributed by atoms with E-state index in [1.807, 2.05) is 0 Å². The van der Waals surface area contributed by atoms with Crippen LogP contribution in [0.1, 0.15) is 6.92 Å². The third-order valence-electron chi connectivity index (χ3n) is 1.00. The smallest absolute Gasteiger partial charge is 0.416 e. The van der Waals surface area contributed by atoms with Crippen LogP contribution in [0.2, 0.25) is 0 Å². The molecule has 0 fully saturated rings. The summed E-state index contributed by atoms with van der Waals surface area (Å²) in [6.45, 7) is 1.70. The zero-order chi connectivity index (χ0) is 9.40. The number of ether oxygens (including phenoxy) is 1. The van der Waals surface area contributed by atoms with Gasteiger partial charge in [-0.2, -0.15) is 0 Å². The molecule has 0 spiro atoms. The van der Waals surface area contributed by atoms with Gasteiger partial charge in [-0.1, -0.05) is 0 Å². The van der Waals surface area contributed by atoms with Crippen LogP contribution in [0, 0.1) is 0 Å². The van der Waals surface area contributed by atoms with Gasteiger partial charge in [0.1, 0.15) is 5.94 Å². The van der Waals surface area contributed by atoms with E-state index in [1.165, 1.54) is 5.94 Å². The zero-order valence-electron chi connectivity index (χ0n) is 6.65. The lowest BCUT2D eigenvalue weighted by molar-refractivity contribution is -0.116. The van der Waals surface area contributed by atoms with Gasteiger partial charge in [-0.3, -0.25) is 4.79 Å². The zero-order valence-corrected chi connectivity index (χ0v) is 6.65. The molecular formula is C7H9NO4. The fourth-order valence-electron chi connectivity index (χ4n) is 0.503. The first kappa shape index (κ1) is 10.4. The Labute approximate surface area is 69.6 Å². The van der Waals surface area contributed by atoms with Crippen LogP contribution in [-0.4, -0.2) is 36.5 Å². The molecule has 0 radical (unpaired) electrons. The molecular weight excluding hydrogens is 162 g/mol. The molecule has 0 N–H and O–H groups in total. The van der Waals surface area contributed by atoms with E-state index in [9.17, 15) is 14.4 Å². The third-order valence-corrected chi connectivity index (χ3v) is 1.00. The lowest BCUT2D eigenvalue weighted by atomic mass is 10.6. The van der Waals surface area contributed by atoms with Crippen molar-refractivity contribution in [3.8, 4) is 0 Å². The van der Waals surface area contributed by atoms with E-state index in [0.717, 1.165) is 11.0 Å². The van der Waals surface area contributed by atoms with Gasteiger partial charge in [0.15, 0.2) is 0 Å². The van der Waals surface area contributed by atoms with E-state index in [1.54, 1.807) is 6.92 Å². The van der Waals surface area contributed by atoms with E-state index in [0.29, 0.717) is 6.41 Å². The van der Waals surface area contributed by atoms with Crippen molar-refractivity contribution < 1.29 is 19.1 Å². The number of carbonyl (C=O) groups is 2. The first-order chi connectivity index (χ1) is 5.76. The Kier molecular flexibility index (Phi) is 5.30. The summed E-state index contributed by atoms with van der Waals surface area (Å²) < 4.78 is 4.50. The van der Waals surface area contributed by atoms with Crippen LogP contribution in [0.5, 0.6) is 0 Å². The number of rotatable bonds is 4. The molecule has 0 unspecified atom stereocenters. The van der Waals surface area contributed by atoms with E-state index < -0.39 is 6.09 Å². The number of amides is 2. The molecule has 0 saturated carbocycles. The third kappa shape index (κ3) is 3.53. The van der Waals surface area contributed by atoms with Crippen LogP contribution in [0.15, 0.2) is 6.08 Å². The highest BCUT2D eigenvalue weighted by Crippen LogP contribution is 1.89. The standard InChI is InChI=1S/C7H9NO4/c1-2-12-7(11)8(6-10)4-3-5-9/h3,6H,2,4H2,1H3. The van der Waals surface area contributed by atoms with Crippen molar-refractivity contribution in [2.75, 3.05) is 13.2 Å². The summed E-state index contributed by atoms with van der Waals surface area (Å²) in [5.41, 5.74) is 0. The molecule has 0 heterocycles. The Morgan fingerprint density at radius 3 is 2.75 bits per heavy atom. The Hall–Kier alpha value is -1.61. The van der Waals surface area contributed by atoms with E-state index in [-0.39, 0.29) is 13.2 Å². The Balaban J connectivity index is 4.04. The summed E-state index contributed by atoms with van der Waals surface area (Å²) in [7, 11) is 0. The van der Waals surface area contributed by atoms with Gasteiger partial charge >= 0.3 is 6.09 Å². The van der Waals surface area contributed by atoms with Gasteiger partial charge in [-0.15, -0.1) is 0 Å². The molecule has 0 aromatic heterocycles. The van der Waals surface area contributed by atoms with Gasteiger partial charge in [0, 0.05) is 6.08 Å². The Bertz CT molecular complexity index is 207. The Morgan fingerprint density at radius 1 is 1.67 bits per heavy atom. The summed E-state index contributed by atoms with van der Waals surface area (Å²) in [5, 5.41) is 0. The first-order valence-corrected chi connectivity index (χ1v) is 3.34. The van der Waals surface area contributed by atoms with E-state index in [4.69, 9.17) is 0 Å². The van der Waals surface area contributed by atoms with Crippen LogP contribution in [0.3, 0.4) is 0 Å². The molecule has 0 aliphatic heterocycles. The van der Waals surface area contributed by atoms with Gasteiger partial charge < -0.3 is 4.74 Å². The molecule has 0 saturated heterocycles. The average Bonchev–Trinajstić information content (AvgIpc) is 2.06. The second-order valence-electron chi connectivity index (χ2n) is 1.78. The summed E-state index contributed by atoms with van der Waals surface area (Å²) >= 11 is 0. The minimum atomic E-state index is -0.765. The fourth-order valence-corrected chi connectivity index (χ4v) is 0.503. The van der Waals surface area contributed by atoms with Crippen molar-refractivity contribution in [1.29, 1.82) is 0 Å². The van der Waals surface area contributed by atoms with Crippen LogP contribution < -0.4 is 0 Å². The number of carbonyl (C=O) groups excluding carboxylic acids is 3. The molecule has 0 atom stereocenters. The maximum absolute atomic E-state index is 10.8. The highest BCUT2D eigenvalue weighted by atomic mass is 16.6. The maximum atomic E-state index is 10.8. The van der Waals surface area contributed by atoms with Crippen LogP contribution in [0.25, 0.3) is 0 Å². The van der Waals surface area contributed by atoms with Gasteiger partial charge in [-0.05, 0) is 6.92 Å². The van der Waals surface area contributed by atoms with Gasteiger partial charge in [0.25, 0.3) is 0 Å². The van der Waals surface area contributed by atoms with E-state index >= 15 is 0 Å². The van der Waals surface area contributed by atoms with Crippen molar-refractivity contribution >= 4 is 18.4 Å². The molecule has 0 aliphatic carbocycles. The van der Waals surface area contributed by atoms with Gasteiger partial charge in [-0.25, -0.2) is 14.5 Å². The number of hydrogen-bond donors (Lipinski definition) is 0. The lowest BCUT2D eigenvalue weighted by Crippen LogP contribution is -2.30. The second kappa shape index (κ2) is 6.12. The summed E-state index contributed by atoms with van der Waals surface area (Å²) in [6, 6.07) is 0. The van der Waals surface area contributed by atoms with Crippen molar-refractivity contribution in [2.45, 2.75) is 6.92 Å². The average molecular weight is 171 g/mol. The highest BCUT2D eigenvalue weighted by Gasteiger charge is 2.10. The molecule has 0 rings (SSSR count). The molecule has 2 amide bonds. The molecule has 0 aliphatic rings. The molecule has 12 heavy (non-hydrogen) atoms. The topological polar surface area (TPSA) is 63.7 Å². The largest absolute Gasteiger partial charge is 0.449 e. The van der Waals surface area contributed by atoms with Crippen LogP contribution >= 0.6 is 0 Å². The predicted octanol–water partition coefficient (Wildman–Crippen LogP) is -0.0109. The SMILES string of the molecule is CCOC(=O)N(C=O)CC=C=O. The predicted molar refractivity (Wildman–Crippen MR) is 40.1 cm³/mol. The fraction of sp³-hybridized carbons (Fsp3) is 0.429. The molecule has 5 nitrogen and oxygen atoms in total. The number of hydrogen-bond acceptors (Lipinski definition) is 4. The van der Waals surface area contributed by atoms with Crippen molar-refractivity contribution in [3.05, 3.63) is 6.08 Å². The van der Waals surface area contributed by atoms with Gasteiger partial charge in [0.05, 0.1) is 13.2 Å². The van der Waals surface area contributed by atoms with Crippen molar-refractivity contribution in [2.24, 2.45) is 0 Å². The lowest BCUT2D eigenvalue weighted by Gasteiger charge is -2.10. The van der Waals surface area contributed by atoms with Crippen molar-refractivity contribution in [3.63, 3.8) is 0 Å². The highest BCUT2D eigenvalue weighted by molar-refractivity contribution is 5.80. The minimum Gasteiger partial charge on any atom is -0.449 e. The van der Waals surface area contributed by atoms with Crippen LogP contribution in [-0.2, 0) is 14.3 Å². The summed E-state index contributed by atoms with van der Waals surface area (Å²) in [6.07, 6.45) is 0.552. The summed E-state index contributed by atoms with van der Waals surface area (Å²) in [4.78, 5) is 31.5. The minimum absolute atomic E-state index is 0.105. The normalized spacial score (nSPS) is 8.08. The molecule has 5 heteroatoms. The maximum Gasteiger partial charge on any atom is 0.416 e. The van der Waals surface area contributed by atoms with Crippen molar-refractivity contribution in [1.82, 2.24) is 4.90 Å². The van der Waals surface area contributed by atoms with Crippen LogP contribution in [0.4, 0.5) is 4.79 Å². The first-order valence-electron chi connectivity index (χ1n) is 3.34. The molecule has 0 aromatic rings. The van der Waals surface area contributed by atoms with Gasteiger partial charge in [0.2, 0.25) is 6.41 Å². The summed E-state index contributed by atoms with van der Waals surface area (Å²) in [5.74, 6) is 1.45. The quantitative estimate of drug-likeness (QED) is 0.440. The molecule has 0 aromatic carbocycles. The molecule has 66 valence electrons. The monoisotopic (exact) mass is 171 g/mol. The second-order valence-corrected chi connectivity index (χ2v) is 1.78. The number of imide groups is 1. The van der Waals surface area contributed by atoms with E-state index in [2.05, 4.69) is 4.74 Å².